The maximum absolute atomic E-state index is 11.6. The highest BCUT2D eigenvalue weighted by Crippen LogP contribution is 2.17. The van der Waals surface area contributed by atoms with E-state index in [1.807, 2.05) is 12.1 Å². The highest BCUT2D eigenvalue weighted by Gasteiger charge is 2.09. The van der Waals surface area contributed by atoms with E-state index in [1.54, 1.807) is 19.1 Å². The zero-order valence-electron chi connectivity index (χ0n) is 12.3. The molecule has 0 aliphatic carbocycles. The first-order valence-corrected chi connectivity index (χ1v) is 10.4. The molecule has 0 heterocycles. The lowest BCUT2D eigenvalue weighted by Crippen LogP contribution is -2.16. The van der Waals surface area contributed by atoms with Crippen LogP contribution < -0.4 is 0 Å². The fourth-order valence-corrected chi connectivity index (χ4v) is 2.01. The first kappa shape index (κ1) is 16.6. The average molecular weight is 307 g/mol. The van der Waals surface area contributed by atoms with E-state index in [4.69, 9.17) is 16.3 Å². The fraction of sp³-hybridized carbons (Fsp3) is 0.312. The third-order valence-electron chi connectivity index (χ3n) is 2.28. The van der Waals surface area contributed by atoms with Gasteiger partial charge in [0.1, 0.15) is 8.07 Å². The molecule has 0 N–H and O–H groups in total. The van der Waals surface area contributed by atoms with Gasteiger partial charge in [-0.2, -0.15) is 0 Å². The van der Waals surface area contributed by atoms with Crippen molar-refractivity contribution in [2.45, 2.75) is 26.6 Å². The number of benzene rings is 1. The quantitative estimate of drug-likeness (QED) is 0.363. The highest BCUT2D eigenvalue weighted by molar-refractivity contribution is 6.84. The molecule has 0 atom stereocenters. The Bertz CT molecular complexity index is 557. The second-order valence-electron chi connectivity index (χ2n) is 5.32. The van der Waals surface area contributed by atoms with Crippen molar-refractivity contribution in [1.29, 1.82) is 0 Å². The van der Waals surface area contributed by atoms with Crippen LogP contribution in [0.25, 0.3) is 5.57 Å². The minimum absolute atomic E-state index is 0.352. The van der Waals surface area contributed by atoms with Crippen LogP contribution >= 0.6 is 11.6 Å². The van der Waals surface area contributed by atoms with E-state index >= 15 is 0 Å². The van der Waals surface area contributed by atoms with Gasteiger partial charge in [0.25, 0.3) is 0 Å². The summed E-state index contributed by atoms with van der Waals surface area (Å²) in [4.78, 5) is 11.6. The van der Waals surface area contributed by atoms with Crippen LogP contribution in [0.15, 0.2) is 30.3 Å². The molecule has 1 aromatic rings. The number of carbonyl (C=O) groups is 1. The summed E-state index contributed by atoms with van der Waals surface area (Å²) in [6.45, 7) is 8.60. The zero-order valence-corrected chi connectivity index (χ0v) is 14.0. The summed E-state index contributed by atoms with van der Waals surface area (Å²) >= 11 is 5.88. The van der Waals surface area contributed by atoms with Gasteiger partial charge in [0.05, 0.1) is 6.61 Å². The lowest BCUT2D eigenvalue weighted by molar-refractivity contribution is -0.137. The molecular weight excluding hydrogens is 288 g/mol. The van der Waals surface area contributed by atoms with Crippen LogP contribution in [-0.2, 0) is 9.53 Å². The normalized spacial score (nSPS) is 11.6. The third kappa shape index (κ3) is 6.09. The van der Waals surface area contributed by atoms with Crippen molar-refractivity contribution in [3.8, 4) is 11.5 Å². The number of rotatable bonds is 3. The lowest BCUT2D eigenvalue weighted by Gasteiger charge is -2.06. The molecule has 0 saturated heterocycles. The summed E-state index contributed by atoms with van der Waals surface area (Å²) in [6.07, 6.45) is 1.44. The molecule has 0 amide bonds. The van der Waals surface area contributed by atoms with E-state index in [0.29, 0.717) is 17.2 Å². The lowest BCUT2D eigenvalue weighted by atomic mass is 10.1. The van der Waals surface area contributed by atoms with Crippen LogP contribution in [0.4, 0.5) is 0 Å². The van der Waals surface area contributed by atoms with Crippen LogP contribution in [0.1, 0.15) is 12.5 Å². The number of allylic oxidation sites excluding steroid dienone is 1. The van der Waals surface area contributed by atoms with Gasteiger partial charge in [-0.1, -0.05) is 49.3 Å². The van der Waals surface area contributed by atoms with Crippen molar-refractivity contribution in [3.63, 3.8) is 0 Å². The molecule has 20 heavy (non-hydrogen) atoms. The molecule has 0 spiro atoms. The molecule has 2 nitrogen and oxygen atoms in total. The van der Waals surface area contributed by atoms with E-state index in [9.17, 15) is 4.79 Å². The molecule has 1 aromatic carbocycles. The van der Waals surface area contributed by atoms with E-state index in [2.05, 4.69) is 31.1 Å². The molecule has 4 heteroatoms. The number of hydrogen-bond acceptors (Lipinski definition) is 2. The van der Waals surface area contributed by atoms with Crippen LogP contribution in [0.3, 0.4) is 0 Å². The van der Waals surface area contributed by atoms with E-state index in [1.165, 1.54) is 6.08 Å². The van der Waals surface area contributed by atoms with Crippen molar-refractivity contribution in [1.82, 2.24) is 0 Å². The minimum Gasteiger partial charge on any atom is -0.463 e. The Labute approximate surface area is 126 Å². The van der Waals surface area contributed by atoms with Crippen molar-refractivity contribution in [2.24, 2.45) is 0 Å². The van der Waals surface area contributed by atoms with Gasteiger partial charge in [-0.25, -0.2) is 4.79 Å². The number of hydrogen-bond donors (Lipinski definition) is 0. The van der Waals surface area contributed by atoms with Crippen molar-refractivity contribution in [3.05, 3.63) is 40.9 Å². The van der Waals surface area contributed by atoms with E-state index in [0.717, 1.165) is 5.56 Å². The Morgan fingerprint density at radius 2 is 1.90 bits per heavy atom. The molecule has 0 fully saturated rings. The molecule has 0 saturated carbocycles. The SMILES string of the molecule is CCOC(=O)C=C(C#C[Si](C)(C)C)c1ccc(Cl)cc1. The Morgan fingerprint density at radius 1 is 1.30 bits per heavy atom. The maximum Gasteiger partial charge on any atom is 0.332 e. The second kappa shape index (κ2) is 7.32. The molecule has 0 unspecified atom stereocenters. The molecule has 0 radical (unpaired) electrons. The summed E-state index contributed by atoms with van der Waals surface area (Å²) in [5.41, 5.74) is 4.80. The maximum atomic E-state index is 11.6. The molecule has 0 aliphatic rings. The van der Waals surface area contributed by atoms with Gasteiger partial charge in [0, 0.05) is 16.7 Å². The van der Waals surface area contributed by atoms with Crippen LogP contribution in [0.5, 0.6) is 0 Å². The fourth-order valence-electron chi connectivity index (χ4n) is 1.38. The van der Waals surface area contributed by atoms with E-state index in [-0.39, 0.29) is 5.97 Å². The first-order chi connectivity index (χ1) is 9.31. The molecule has 1 rings (SSSR count). The first-order valence-electron chi connectivity index (χ1n) is 6.49. The van der Waals surface area contributed by atoms with Gasteiger partial charge < -0.3 is 4.74 Å². The van der Waals surface area contributed by atoms with Gasteiger partial charge >= 0.3 is 5.97 Å². The summed E-state index contributed by atoms with van der Waals surface area (Å²) in [5, 5.41) is 0.655. The predicted octanol–water partition coefficient (Wildman–Crippen LogP) is 4.17. The largest absolute Gasteiger partial charge is 0.463 e. The van der Waals surface area contributed by atoms with Crippen molar-refractivity contribution < 1.29 is 9.53 Å². The summed E-state index contributed by atoms with van der Waals surface area (Å²) in [6, 6.07) is 7.27. The van der Waals surface area contributed by atoms with Crippen LogP contribution in [0.2, 0.25) is 24.7 Å². The Hall–Kier alpha value is -1.50. The molecular formula is C16H19ClO2Si. The van der Waals surface area contributed by atoms with Gasteiger partial charge in [0.2, 0.25) is 0 Å². The number of esters is 1. The Balaban J connectivity index is 3.16. The topological polar surface area (TPSA) is 26.3 Å². The average Bonchev–Trinajstić information content (AvgIpc) is 2.35. The highest BCUT2D eigenvalue weighted by atomic mass is 35.5. The third-order valence-corrected chi connectivity index (χ3v) is 3.40. The van der Waals surface area contributed by atoms with Gasteiger partial charge in [0.15, 0.2) is 0 Å². The monoisotopic (exact) mass is 306 g/mol. The van der Waals surface area contributed by atoms with Crippen LogP contribution in [-0.4, -0.2) is 20.7 Å². The summed E-state index contributed by atoms with van der Waals surface area (Å²) in [7, 11) is -1.51. The molecule has 0 aliphatic heterocycles. The Kier molecular flexibility index (Phi) is 6.06. The predicted molar refractivity (Wildman–Crippen MR) is 87.2 cm³/mol. The minimum atomic E-state index is -1.51. The van der Waals surface area contributed by atoms with E-state index < -0.39 is 8.07 Å². The number of halogens is 1. The molecule has 106 valence electrons. The number of ether oxygens (including phenoxy) is 1. The standard InChI is InChI=1S/C16H19ClO2Si/c1-5-19-16(18)12-14(10-11-20(2,3)4)13-6-8-15(17)9-7-13/h6-9,12H,5H2,1-4H3. The van der Waals surface area contributed by atoms with Crippen LogP contribution in [0, 0.1) is 11.5 Å². The smallest absolute Gasteiger partial charge is 0.332 e. The van der Waals surface area contributed by atoms with Crippen molar-refractivity contribution in [2.75, 3.05) is 6.61 Å². The number of carbonyl (C=O) groups excluding carboxylic acids is 1. The summed E-state index contributed by atoms with van der Waals surface area (Å²) < 4.78 is 4.95. The van der Waals surface area contributed by atoms with Gasteiger partial charge in [-0.05, 0) is 24.6 Å². The summed E-state index contributed by atoms with van der Waals surface area (Å²) in [5.74, 6) is 2.74. The zero-order chi connectivity index (χ0) is 15.2. The van der Waals surface area contributed by atoms with Gasteiger partial charge in [-0.3, -0.25) is 0 Å². The molecule has 0 bridgehead atoms. The molecule has 0 aromatic heterocycles. The second-order valence-corrected chi connectivity index (χ2v) is 10.5. The van der Waals surface area contributed by atoms with Gasteiger partial charge in [-0.15, -0.1) is 5.54 Å². The Morgan fingerprint density at radius 3 is 2.40 bits per heavy atom. The van der Waals surface area contributed by atoms with Crippen molar-refractivity contribution >= 4 is 31.2 Å².